The van der Waals surface area contributed by atoms with E-state index in [1.807, 2.05) is 0 Å². The van der Waals surface area contributed by atoms with Gasteiger partial charge in [-0.1, -0.05) is 0 Å². The molecule has 24 heavy (non-hydrogen) atoms. The minimum absolute atomic E-state index is 0.0848. The molecule has 1 aliphatic carbocycles. The van der Waals surface area contributed by atoms with Gasteiger partial charge < -0.3 is 4.42 Å². The lowest BCUT2D eigenvalue weighted by Gasteiger charge is -2.09. The summed E-state index contributed by atoms with van der Waals surface area (Å²) in [6, 6.07) is 6.61. The summed E-state index contributed by atoms with van der Waals surface area (Å²) in [5, 5.41) is 11.1. The second-order valence-corrected chi connectivity index (χ2v) is 7.04. The van der Waals surface area contributed by atoms with E-state index in [1.165, 1.54) is 35.2 Å². The molecule has 0 saturated heterocycles. The van der Waals surface area contributed by atoms with E-state index in [0.29, 0.717) is 5.82 Å². The number of benzene rings is 1. The minimum Gasteiger partial charge on any atom is -0.451 e. The molecule has 4 rings (SSSR count). The fourth-order valence-corrected chi connectivity index (χ4v) is 3.30. The maximum atomic E-state index is 14.2. The van der Waals surface area contributed by atoms with Crippen molar-refractivity contribution >= 4 is 15.7 Å². The van der Waals surface area contributed by atoms with Crippen LogP contribution in [0.1, 0.15) is 24.6 Å². The summed E-state index contributed by atoms with van der Waals surface area (Å²) >= 11 is 0. The fourth-order valence-electron chi connectivity index (χ4n) is 2.32. The maximum Gasteiger partial charge on any atom is 0.295 e. The van der Waals surface area contributed by atoms with Gasteiger partial charge >= 0.3 is 0 Å². The highest BCUT2D eigenvalue weighted by Crippen LogP contribution is 2.39. The number of nitrogens with zero attached hydrogens (tertiary/aromatic N) is 4. The van der Waals surface area contributed by atoms with Crippen LogP contribution in [0.5, 0.6) is 0 Å². The van der Waals surface area contributed by atoms with Crippen LogP contribution in [-0.4, -0.2) is 28.6 Å². The van der Waals surface area contributed by atoms with Crippen molar-refractivity contribution < 1.29 is 17.2 Å². The fraction of sp³-hybridized carbons (Fsp3) is 0.214. The van der Waals surface area contributed by atoms with Crippen molar-refractivity contribution in [1.82, 2.24) is 20.2 Å². The van der Waals surface area contributed by atoms with Crippen LogP contribution in [-0.2, 0) is 10.0 Å². The van der Waals surface area contributed by atoms with Gasteiger partial charge in [0.2, 0.25) is 5.09 Å². The highest BCUT2D eigenvalue weighted by molar-refractivity contribution is 7.92. The summed E-state index contributed by atoms with van der Waals surface area (Å²) in [4.78, 5) is 0. The van der Waals surface area contributed by atoms with Crippen LogP contribution >= 0.6 is 0 Å². The Kier molecular flexibility index (Phi) is 3.34. The molecule has 2 aromatic heterocycles. The Morgan fingerprint density at radius 3 is 2.83 bits per heavy atom. The summed E-state index contributed by atoms with van der Waals surface area (Å²) in [6.45, 7) is 0. The zero-order valence-electron chi connectivity index (χ0n) is 12.3. The van der Waals surface area contributed by atoms with E-state index in [1.54, 1.807) is 0 Å². The van der Waals surface area contributed by atoms with E-state index in [4.69, 9.17) is 4.42 Å². The Hall–Kier alpha value is -2.75. The maximum absolute atomic E-state index is 14.2. The molecule has 1 N–H and O–H groups in total. The Labute approximate surface area is 136 Å². The first kappa shape index (κ1) is 14.8. The molecular formula is C14H12FN5O3S. The van der Waals surface area contributed by atoms with Gasteiger partial charge in [-0.25, -0.2) is 4.39 Å². The lowest BCUT2D eigenvalue weighted by molar-refractivity contribution is 0.452. The van der Waals surface area contributed by atoms with E-state index in [9.17, 15) is 12.8 Å². The first-order chi connectivity index (χ1) is 11.5. The van der Waals surface area contributed by atoms with Crippen molar-refractivity contribution in [3.63, 3.8) is 0 Å². The molecule has 0 unspecified atom stereocenters. The lowest BCUT2D eigenvalue weighted by atomic mass is 10.2. The second kappa shape index (κ2) is 5.41. The molecule has 0 amide bonds. The molecule has 1 aliphatic rings. The smallest absolute Gasteiger partial charge is 0.295 e. The minimum atomic E-state index is -3.88. The Morgan fingerprint density at radius 1 is 1.29 bits per heavy atom. The highest BCUT2D eigenvalue weighted by Gasteiger charge is 2.30. The lowest BCUT2D eigenvalue weighted by Crippen LogP contribution is -2.13. The molecule has 1 saturated carbocycles. The van der Waals surface area contributed by atoms with Crippen molar-refractivity contribution in [1.29, 1.82) is 0 Å². The number of halogens is 1. The topological polar surface area (TPSA) is 103 Å². The highest BCUT2D eigenvalue weighted by atomic mass is 32.2. The molecule has 124 valence electrons. The molecule has 3 aromatic rings. The van der Waals surface area contributed by atoms with Crippen molar-refractivity contribution in [3.05, 3.63) is 48.2 Å². The molecular weight excluding hydrogens is 337 g/mol. The van der Waals surface area contributed by atoms with Gasteiger partial charge in [0.25, 0.3) is 10.0 Å². The number of tetrazole rings is 1. The second-order valence-electron chi connectivity index (χ2n) is 5.43. The van der Waals surface area contributed by atoms with E-state index >= 15 is 0 Å². The third-order valence-electron chi connectivity index (χ3n) is 3.62. The number of furan rings is 1. The van der Waals surface area contributed by atoms with Crippen LogP contribution in [0, 0.1) is 5.82 Å². The quantitative estimate of drug-likeness (QED) is 0.756. The number of sulfonamides is 1. The van der Waals surface area contributed by atoms with Gasteiger partial charge in [0.1, 0.15) is 11.5 Å². The summed E-state index contributed by atoms with van der Waals surface area (Å²) in [5.41, 5.74) is 0.265. The molecule has 0 aliphatic heterocycles. The predicted molar refractivity (Wildman–Crippen MR) is 80.6 cm³/mol. The van der Waals surface area contributed by atoms with Crippen molar-refractivity contribution in [3.8, 4) is 5.69 Å². The van der Waals surface area contributed by atoms with E-state index in [0.717, 1.165) is 18.9 Å². The van der Waals surface area contributed by atoms with E-state index in [2.05, 4.69) is 20.2 Å². The average Bonchev–Trinajstić information content (AvgIpc) is 3.04. The molecule has 0 radical (unpaired) electrons. The zero-order valence-corrected chi connectivity index (χ0v) is 13.1. The molecule has 8 nitrogen and oxygen atoms in total. The van der Waals surface area contributed by atoms with Gasteiger partial charge in [-0.2, -0.15) is 13.1 Å². The third kappa shape index (κ3) is 2.64. The molecule has 1 aromatic carbocycles. The first-order valence-electron chi connectivity index (χ1n) is 7.19. The summed E-state index contributed by atoms with van der Waals surface area (Å²) in [7, 11) is -3.88. The molecule has 2 heterocycles. The molecule has 10 heteroatoms. The monoisotopic (exact) mass is 349 g/mol. The van der Waals surface area contributed by atoms with Gasteiger partial charge in [0.15, 0.2) is 5.82 Å². The average molecular weight is 349 g/mol. The van der Waals surface area contributed by atoms with E-state index < -0.39 is 15.8 Å². The largest absolute Gasteiger partial charge is 0.451 e. The predicted octanol–water partition coefficient (Wildman–Crippen LogP) is 2.07. The zero-order chi connectivity index (χ0) is 16.7. The standard InChI is InChI=1S/C14H12FN5O3S/c15-11-6-5-10(17-24(21,22)13-2-1-7-23-13)8-12(11)20-14(9-3-4-9)16-18-19-20/h1-2,5-9,17H,3-4H2. The van der Waals surface area contributed by atoms with Crippen LogP contribution in [0.15, 0.2) is 46.1 Å². The van der Waals surface area contributed by atoms with Crippen LogP contribution in [0.2, 0.25) is 0 Å². The molecule has 0 atom stereocenters. The van der Waals surface area contributed by atoms with Gasteiger partial charge in [-0.3, -0.25) is 4.72 Å². The van der Waals surface area contributed by atoms with Gasteiger partial charge in [0, 0.05) is 5.92 Å². The molecule has 0 bridgehead atoms. The van der Waals surface area contributed by atoms with Gasteiger partial charge in [0.05, 0.1) is 12.0 Å². The first-order valence-corrected chi connectivity index (χ1v) is 8.67. The summed E-state index contributed by atoms with van der Waals surface area (Å²) in [5.74, 6) is 0.230. The van der Waals surface area contributed by atoms with Crippen LogP contribution in [0.3, 0.4) is 0 Å². The number of rotatable bonds is 5. The number of nitrogens with one attached hydrogen (secondary N) is 1. The summed E-state index contributed by atoms with van der Waals surface area (Å²) in [6.07, 6.45) is 3.16. The number of hydrogen-bond donors (Lipinski definition) is 1. The van der Waals surface area contributed by atoms with Crippen molar-refractivity contribution in [2.24, 2.45) is 0 Å². The molecule has 1 fully saturated rings. The Bertz CT molecular complexity index is 980. The van der Waals surface area contributed by atoms with Crippen LogP contribution < -0.4 is 4.72 Å². The van der Waals surface area contributed by atoms with Crippen LogP contribution in [0.25, 0.3) is 5.69 Å². The normalized spacial score (nSPS) is 14.7. The third-order valence-corrected chi connectivity index (χ3v) is 4.89. The Morgan fingerprint density at radius 2 is 2.12 bits per heavy atom. The number of hydrogen-bond acceptors (Lipinski definition) is 6. The SMILES string of the molecule is O=S(=O)(Nc1ccc(F)c(-n2nnnc2C2CC2)c1)c1ccco1. The van der Waals surface area contributed by atoms with Crippen LogP contribution in [0.4, 0.5) is 10.1 Å². The number of anilines is 1. The van der Waals surface area contributed by atoms with Crippen molar-refractivity contribution in [2.45, 2.75) is 23.9 Å². The summed E-state index contributed by atoms with van der Waals surface area (Å²) < 4.78 is 47.1. The Balaban J connectivity index is 1.70. The van der Waals surface area contributed by atoms with Crippen molar-refractivity contribution in [2.75, 3.05) is 4.72 Å². The number of aromatic nitrogens is 4. The van der Waals surface area contributed by atoms with E-state index in [-0.39, 0.29) is 22.4 Å². The van der Waals surface area contributed by atoms with Gasteiger partial charge in [-0.15, -0.1) is 5.10 Å². The van der Waals surface area contributed by atoms with Gasteiger partial charge in [-0.05, 0) is 53.6 Å². The molecule has 0 spiro atoms.